The predicted molar refractivity (Wildman–Crippen MR) is 123 cm³/mol. The van der Waals surface area contributed by atoms with Crippen LogP contribution < -0.4 is 10.2 Å². The first-order chi connectivity index (χ1) is 16.8. The lowest BCUT2D eigenvalue weighted by molar-refractivity contribution is -0.139. The number of nitrogens with one attached hydrogen (secondary N) is 1. The number of amides is 2. The number of nitrogens with zero attached hydrogens (tertiary/aromatic N) is 2. The number of hydrogen-bond donors (Lipinski definition) is 1. The Kier molecular flexibility index (Phi) is 7.26. The van der Waals surface area contributed by atoms with E-state index in [2.05, 4.69) is 11.9 Å². The van der Waals surface area contributed by atoms with E-state index in [1.54, 1.807) is 0 Å². The quantitative estimate of drug-likeness (QED) is 0.451. The fourth-order valence-corrected chi connectivity index (χ4v) is 4.70. The minimum absolute atomic E-state index is 0.0153. The molecule has 0 bridgehead atoms. The number of rotatable bonds is 6. The Morgan fingerprint density at radius 1 is 1.28 bits per heavy atom. The normalized spacial score (nSPS) is 16.3. The van der Waals surface area contributed by atoms with Crippen molar-refractivity contribution in [1.82, 2.24) is 5.32 Å². The summed E-state index contributed by atoms with van der Waals surface area (Å²) in [4.78, 5) is 26.8. The van der Waals surface area contributed by atoms with Crippen molar-refractivity contribution in [3.8, 4) is 6.07 Å². The highest BCUT2D eigenvalue weighted by Gasteiger charge is 2.40. The Morgan fingerprint density at radius 2 is 1.97 bits per heavy atom. The smallest absolute Gasteiger partial charge is 0.416 e. The zero-order valence-electron chi connectivity index (χ0n) is 19.1. The Bertz CT molecular complexity index is 1430. The molecule has 2 aromatic carbocycles. The highest BCUT2D eigenvalue weighted by molar-refractivity contribution is 7.90. The molecule has 0 fully saturated rings. The lowest BCUT2D eigenvalue weighted by Gasteiger charge is -2.36. The van der Waals surface area contributed by atoms with Crippen molar-refractivity contribution >= 4 is 27.5 Å². The van der Waals surface area contributed by atoms with Gasteiger partial charge in [0.2, 0.25) is 0 Å². The van der Waals surface area contributed by atoms with Crippen LogP contribution in [0.3, 0.4) is 0 Å². The topological polar surface area (TPSA) is 117 Å². The highest BCUT2D eigenvalue weighted by Crippen LogP contribution is 2.38. The summed E-state index contributed by atoms with van der Waals surface area (Å²) in [7, 11) is -3.94. The minimum atomic E-state index is -4.68. The molecule has 0 unspecified atom stereocenters. The molecule has 0 radical (unpaired) electrons. The Balaban J connectivity index is 2.27. The van der Waals surface area contributed by atoms with Gasteiger partial charge in [-0.1, -0.05) is 24.8 Å². The van der Waals surface area contributed by atoms with Crippen molar-refractivity contribution in [2.75, 3.05) is 17.8 Å². The number of alkyl halides is 3. The summed E-state index contributed by atoms with van der Waals surface area (Å²) in [6, 6.07) is 7.26. The number of benzene rings is 2. The lowest BCUT2D eigenvalue weighted by Crippen LogP contribution is -2.48. The average Bonchev–Trinajstić information content (AvgIpc) is 2.81. The first kappa shape index (κ1) is 26.5. The number of carbonyl (C=O) groups is 2. The first-order valence-corrected chi connectivity index (χ1v) is 12.2. The van der Waals surface area contributed by atoms with Crippen molar-refractivity contribution in [3.63, 3.8) is 0 Å². The van der Waals surface area contributed by atoms with Crippen LogP contribution in [0.4, 0.5) is 23.7 Å². The number of allylic oxidation sites excluding steroid dienone is 1. The number of esters is 1. The molecule has 1 aliphatic rings. The largest absolute Gasteiger partial charge is 0.458 e. The zero-order chi connectivity index (χ0) is 26.8. The second-order valence-corrected chi connectivity index (χ2v) is 9.77. The van der Waals surface area contributed by atoms with Gasteiger partial charge in [-0.15, -0.1) is 0 Å². The SMILES string of the molecule is C=CCOC(=O)C1=C(C)N(c2cccc(C(F)(F)F)c2)C(=O)N[C@@H]1c1ccc(C#N)cc1S(C)(=O)=O. The molecular weight excluding hydrogens is 499 g/mol. The van der Waals surface area contributed by atoms with Crippen molar-refractivity contribution in [2.24, 2.45) is 0 Å². The molecule has 2 aromatic rings. The average molecular weight is 520 g/mol. The van der Waals surface area contributed by atoms with Crippen LogP contribution in [0.2, 0.25) is 0 Å². The van der Waals surface area contributed by atoms with Gasteiger partial charge in [0.05, 0.1) is 39.4 Å². The van der Waals surface area contributed by atoms with Crippen LogP contribution in [-0.4, -0.2) is 33.3 Å². The maximum Gasteiger partial charge on any atom is 0.416 e. The molecule has 0 aromatic heterocycles. The Morgan fingerprint density at radius 3 is 2.56 bits per heavy atom. The van der Waals surface area contributed by atoms with E-state index in [9.17, 15) is 36.4 Å². The van der Waals surface area contributed by atoms with Crippen molar-refractivity contribution in [3.05, 3.63) is 83.1 Å². The highest BCUT2D eigenvalue weighted by atomic mass is 32.2. The van der Waals surface area contributed by atoms with E-state index >= 15 is 0 Å². The van der Waals surface area contributed by atoms with E-state index in [4.69, 9.17) is 4.74 Å². The van der Waals surface area contributed by atoms with Gasteiger partial charge in [0.15, 0.2) is 9.84 Å². The van der Waals surface area contributed by atoms with Crippen LogP contribution in [0, 0.1) is 11.3 Å². The van der Waals surface area contributed by atoms with E-state index in [1.807, 2.05) is 6.07 Å². The van der Waals surface area contributed by atoms with Crippen molar-refractivity contribution in [2.45, 2.75) is 24.0 Å². The third-order valence-corrected chi connectivity index (χ3v) is 6.47. The van der Waals surface area contributed by atoms with Gasteiger partial charge in [-0.3, -0.25) is 4.90 Å². The van der Waals surface area contributed by atoms with Gasteiger partial charge in [-0.2, -0.15) is 18.4 Å². The van der Waals surface area contributed by atoms with Crippen LogP contribution >= 0.6 is 0 Å². The van der Waals surface area contributed by atoms with E-state index in [-0.39, 0.29) is 39.6 Å². The first-order valence-electron chi connectivity index (χ1n) is 10.3. The Hall–Kier alpha value is -4.11. The van der Waals surface area contributed by atoms with E-state index in [1.165, 1.54) is 31.2 Å². The second-order valence-electron chi connectivity index (χ2n) is 7.79. The molecule has 12 heteroatoms. The van der Waals surface area contributed by atoms with Gasteiger partial charge < -0.3 is 10.1 Å². The number of carbonyl (C=O) groups excluding carboxylic acids is 2. The summed E-state index contributed by atoms with van der Waals surface area (Å²) >= 11 is 0. The second kappa shape index (κ2) is 9.87. The summed E-state index contributed by atoms with van der Waals surface area (Å²) in [6.07, 6.45) is -2.49. The van der Waals surface area contributed by atoms with Crippen molar-refractivity contribution in [1.29, 1.82) is 5.26 Å². The third kappa shape index (κ3) is 5.26. The standard InChI is InChI=1S/C24H20F3N3O5S/c1-4-10-35-22(31)20-14(2)30(17-7-5-6-16(12-17)24(25,26)27)23(32)29-21(20)18-9-8-15(13-28)11-19(18)36(3,33)34/h4-9,11-12,21H,1,10H2,2-3H3,(H,29,32)/t21-/m1/s1. The van der Waals surface area contributed by atoms with Gasteiger partial charge >= 0.3 is 18.2 Å². The fourth-order valence-electron chi connectivity index (χ4n) is 3.75. The molecule has 3 rings (SSSR count). The Labute approximate surface area is 205 Å². The molecule has 8 nitrogen and oxygen atoms in total. The summed E-state index contributed by atoms with van der Waals surface area (Å²) in [5, 5.41) is 11.7. The molecule has 0 aliphatic carbocycles. The lowest BCUT2D eigenvalue weighted by atomic mass is 9.93. The molecular formula is C24H20F3N3O5S. The van der Waals surface area contributed by atoms with Crippen LogP contribution in [0.5, 0.6) is 0 Å². The molecule has 0 spiro atoms. The van der Waals surface area contributed by atoms with E-state index in [0.29, 0.717) is 0 Å². The summed E-state index contributed by atoms with van der Waals surface area (Å²) in [5.41, 5.74) is -1.44. The monoisotopic (exact) mass is 519 g/mol. The summed E-state index contributed by atoms with van der Waals surface area (Å²) in [6.45, 7) is 4.57. The third-order valence-electron chi connectivity index (χ3n) is 5.32. The number of urea groups is 1. The molecule has 36 heavy (non-hydrogen) atoms. The minimum Gasteiger partial charge on any atom is -0.458 e. The van der Waals surface area contributed by atoms with Crippen LogP contribution in [0.25, 0.3) is 0 Å². The van der Waals surface area contributed by atoms with Crippen molar-refractivity contribution < 1.29 is 35.9 Å². The zero-order valence-corrected chi connectivity index (χ0v) is 19.9. The van der Waals surface area contributed by atoms with Crippen LogP contribution in [0.1, 0.15) is 29.7 Å². The number of anilines is 1. The molecule has 1 N–H and O–H groups in total. The summed E-state index contributed by atoms with van der Waals surface area (Å²) in [5.74, 6) is -0.946. The summed E-state index contributed by atoms with van der Waals surface area (Å²) < 4.78 is 70.0. The van der Waals surface area contributed by atoms with Gasteiger partial charge in [-0.25, -0.2) is 18.0 Å². The van der Waals surface area contributed by atoms with Gasteiger partial charge in [-0.05, 0) is 42.8 Å². The van der Waals surface area contributed by atoms with E-state index < -0.39 is 39.6 Å². The fraction of sp³-hybridized carbons (Fsp3) is 0.208. The molecule has 0 saturated heterocycles. The molecule has 1 aliphatic heterocycles. The molecule has 188 valence electrons. The van der Waals surface area contributed by atoms with Crippen LogP contribution in [-0.2, 0) is 25.5 Å². The molecule has 1 atom stereocenters. The number of hydrogen-bond acceptors (Lipinski definition) is 6. The van der Waals surface area contributed by atoms with Gasteiger partial charge in [0.25, 0.3) is 0 Å². The maximum absolute atomic E-state index is 13.3. The maximum atomic E-state index is 13.3. The van der Waals surface area contributed by atoms with E-state index in [0.717, 1.165) is 35.4 Å². The molecule has 1 heterocycles. The molecule has 0 saturated carbocycles. The number of nitriles is 1. The number of sulfone groups is 1. The molecule has 2 amide bonds. The number of ether oxygens (including phenoxy) is 1. The van der Waals surface area contributed by atoms with Gasteiger partial charge in [0, 0.05) is 12.0 Å². The number of halogens is 3. The predicted octanol–water partition coefficient (Wildman–Crippen LogP) is 4.25. The van der Waals surface area contributed by atoms with Gasteiger partial charge in [0.1, 0.15) is 6.61 Å². The van der Waals surface area contributed by atoms with Crippen LogP contribution in [0.15, 0.2) is 71.3 Å².